The van der Waals surface area contributed by atoms with Crippen LogP contribution in [0.3, 0.4) is 0 Å². The third kappa shape index (κ3) is 3.89. The highest BCUT2D eigenvalue weighted by atomic mass is 35.5. The lowest BCUT2D eigenvalue weighted by molar-refractivity contribution is -0.401. The van der Waals surface area contributed by atoms with Crippen molar-refractivity contribution in [3.05, 3.63) is 118 Å². The Labute approximate surface area is 226 Å². The van der Waals surface area contributed by atoms with Gasteiger partial charge in [-0.1, -0.05) is 85.5 Å². The molecular formula is C34H36ClN2+. The van der Waals surface area contributed by atoms with E-state index in [9.17, 15) is 0 Å². The number of para-hydroxylation sites is 1. The second kappa shape index (κ2) is 9.33. The smallest absolute Gasteiger partial charge is 0.209 e. The van der Waals surface area contributed by atoms with Gasteiger partial charge in [-0.25, -0.2) is 0 Å². The van der Waals surface area contributed by atoms with Crippen LogP contribution in [0.2, 0.25) is 5.02 Å². The molecule has 3 aromatic rings. The van der Waals surface area contributed by atoms with Gasteiger partial charge in [-0.2, -0.15) is 4.58 Å². The summed E-state index contributed by atoms with van der Waals surface area (Å²) in [5.41, 5.74) is 9.50. The van der Waals surface area contributed by atoms with E-state index in [1.165, 1.54) is 71.6 Å². The predicted octanol–water partition coefficient (Wildman–Crippen LogP) is 8.36. The molecule has 0 N–H and O–H groups in total. The van der Waals surface area contributed by atoms with E-state index in [0.29, 0.717) is 0 Å². The minimum atomic E-state index is -0.0949. The number of halogens is 1. The maximum absolute atomic E-state index is 6.51. The Hall–Kier alpha value is -3.10. The van der Waals surface area contributed by atoms with Crippen LogP contribution >= 0.6 is 11.6 Å². The van der Waals surface area contributed by atoms with Gasteiger partial charge in [0.2, 0.25) is 5.69 Å². The van der Waals surface area contributed by atoms with Crippen LogP contribution < -0.4 is 4.90 Å². The number of fused-ring (bicyclic) bond motifs is 3. The number of benzene rings is 3. The first-order chi connectivity index (χ1) is 17.9. The summed E-state index contributed by atoms with van der Waals surface area (Å²) in [5, 5.41) is 0.839. The van der Waals surface area contributed by atoms with E-state index in [0.717, 1.165) is 11.4 Å². The van der Waals surface area contributed by atoms with Gasteiger partial charge in [-0.3, -0.25) is 0 Å². The number of hydrogen-bond donors (Lipinski definition) is 0. The summed E-state index contributed by atoms with van der Waals surface area (Å²) in [4.78, 5) is 2.39. The Morgan fingerprint density at radius 1 is 0.919 bits per heavy atom. The van der Waals surface area contributed by atoms with E-state index in [4.69, 9.17) is 11.6 Å². The van der Waals surface area contributed by atoms with Gasteiger partial charge in [0.05, 0.1) is 5.41 Å². The first-order valence-corrected chi connectivity index (χ1v) is 14.0. The average Bonchev–Trinajstić information content (AvgIpc) is 3.26. The Bertz CT molecular complexity index is 1430. The zero-order valence-corrected chi connectivity index (χ0v) is 22.9. The maximum Gasteiger partial charge on any atom is 0.209 e. The standard InChI is InChI=1S/C34H36ClN2/c1-33(24-25-13-6-4-7-14-25)27-15-8-9-16-29(27)36(2)31(33)17-12-18-32-34(21-10-5-11-22-34)28-23-26(35)19-20-30(28)37(32)3/h4,6-9,12-20,23H,5,10-11,21-22,24H2,1-3H3/q+1. The molecule has 188 valence electrons. The van der Waals surface area contributed by atoms with E-state index >= 15 is 0 Å². The van der Waals surface area contributed by atoms with E-state index in [-0.39, 0.29) is 10.8 Å². The Kier molecular flexibility index (Phi) is 6.12. The Morgan fingerprint density at radius 2 is 1.65 bits per heavy atom. The summed E-state index contributed by atoms with van der Waals surface area (Å²) in [6.07, 6.45) is 14.3. The fourth-order valence-corrected chi connectivity index (χ4v) is 7.48. The van der Waals surface area contributed by atoms with E-state index in [2.05, 4.69) is 115 Å². The van der Waals surface area contributed by atoms with Gasteiger partial charge in [-0.05, 0) is 61.6 Å². The van der Waals surface area contributed by atoms with Crippen molar-refractivity contribution >= 4 is 28.7 Å². The van der Waals surface area contributed by atoms with Gasteiger partial charge >= 0.3 is 0 Å². The minimum Gasteiger partial charge on any atom is -0.347 e. The SMILES string of the molecule is CN1C(=CC=CC2=[N+](C)c3ccc(Cl)cc3C23CCCCC3)C(C)(Cc2ccccc2)c2ccccc21. The van der Waals surface area contributed by atoms with E-state index < -0.39 is 0 Å². The quantitative estimate of drug-likeness (QED) is 0.321. The molecule has 0 radical (unpaired) electrons. The normalized spacial score (nSPS) is 23.4. The summed E-state index contributed by atoms with van der Waals surface area (Å²) in [5.74, 6) is 0. The lowest BCUT2D eigenvalue weighted by Crippen LogP contribution is -2.36. The predicted molar refractivity (Wildman–Crippen MR) is 157 cm³/mol. The fourth-order valence-electron chi connectivity index (χ4n) is 7.31. The number of allylic oxidation sites excluding steroid dienone is 4. The van der Waals surface area contributed by atoms with Crippen LogP contribution in [-0.4, -0.2) is 24.4 Å². The topological polar surface area (TPSA) is 6.25 Å². The van der Waals surface area contributed by atoms with Crippen LogP contribution in [0.5, 0.6) is 0 Å². The molecule has 0 aromatic heterocycles. The van der Waals surface area contributed by atoms with Gasteiger partial charge in [0.15, 0.2) is 5.71 Å². The van der Waals surface area contributed by atoms with Crippen LogP contribution in [0.15, 0.2) is 96.7 Å². The minimum absolute atomic E-state index is 0.0696. The monoisotopic (exact) mass is 507 g/mol. The molecule has 3 heteroatoms. The van der Waals surface area contributed by atoms with Crippen molar-refractivity contribution in [1.82, 2.24) is 0 Å². The molecule has 0 amide bonds. The molecule has 0 saturated heterocycles. The fraction of sp³-hybridized carbons (Fsp3) is 0.324. The second-order valence-electron chi connectivity index (χ2n) is 11.2. The van der Waals surface area contributed by atoms with Crippen molar-refractivity contribution in [3.63, 3.8) is 0 Å². The van der Waals surface area contributed by atoms with Gasteiger partial charge in [0.25, 0.3) is 0 Å². The number of anilines is 1. The highest BCUT2D eigenvalue weighted by molar-refractivity contribution is 6.30. The molecule has 2 heterocycles. The van der Waals surface area contributed by atoms with Crippen LogP contribution in [0.25, 0.3) is 0 Å². The third-order valence-electron chi connectivity index (χ3n) is 9.09. The molecule has 1 atom stereocenters. The van der Waals surface area contributed by atoms with Crippen LogP contribution in [-0.2, 0) is 17.3 Å². The number of rotatable bonds is 4. The van der Waals surface area contributed by atoms with Crippen molar-refractivity contribution in [2.75, 3.05) is 19.0 Å². The summed E-state index contributed by atoms with van der Waals surface area (Å²) >= 11 is 6.51. The van der Waals surface area contributed by atoms with E-state index in [1.807, 2.05) is 6.07 Å². The number of likely N-dealkylation sites (N-methyl/N-ethyl adjacent to an activating group) is 1. The molecule has 1 unspecified atom stereocenters. The van der Waals surface area contributed by atoms with Crippen LogP contribution in [0, 0.1) is 0 Å². The van der Waals surface area contributed by atoms with Gasteiger partial charge in [0.1, 0.15) is 7.05 Å². The van der Waals surface area contributed by atoms with Crippen molar-refractivity contribution < 1.29 is 4.58 Å². The molecule has 2 nitrogen and oxygen atoms in total. The molecule has 1 spiro atoms. The number of hydrogen-bond acceptors (Lipinski definition) is 1. The highest BCUT2D eigenvalue weighted by Crippen LogP contribution is 2.50. The van der Waals surface area contributed by atoms with Crippen LogP contribution in [0.1, 0.15) is 55.7 Å². The Morgan fingerprint density at radius 3 is 2.43 bits per heavy atom. The lowest BCUT2D eigenvalue weighted by atomic mass is 9.67. The molecule has 1 fully saturated rings. The first kappa shape index (κ1) is 24.2. The molecule has 37 heavy (non-hydrogen) atoms. The molecule has 1 saturated carbocycles. The lowest BCUT2D eigenvalue weighted by Gasteiger charge is -2.31. The van der Waals surface area contributed by atoms with Gasteiger partial charge < -0.3 is 4.90 Å². The molecule has 3 aliphatic rings. The molecular weight excluding hydrogens is 472 g/mol. The molecule has 0 bridgehead atoms. The average molecular weight is 508 g/mol. The summed E-state index contributed by atoms with van der Waals surface area (Å²) < 4.78 is 2.41. The van der Waals surface area contributed by atoms with Gasteiger partial charge in [-0.15, -0.1) is 0 Å². The maximum atomic E-state index is 6.51. The largest absolute Gasteiger partial charge is 0.347 e. The van der Waals surface area contributed by atoms with Crippen molar-refractivity contribution in [2.24, 2.45) is 0 Å². The van der Waals surface area contributed by atoms with Crippen molar-refractivity contribution in [2.45, 2.75) is 56.3 Å². The van der Waals surface area contributed by atoms with Crippen LogP contribution in [0.4, 0.5) is 11.4 Å². The second-order valence-corrected chi connectivity index (χ2v) is 11.7. The summed E-state index contributed by atoms with van der Waals surface area (Å²) in [6, 6.07) is 26.2. The van der Waals surface area contributed by atoms with Crippen molar-refractivity contribution in [1.29, 1.82) is 0 Å². The van der Waals surface area contributed by atoms with Gasteiger partial charge in [0, 0.05) is 46.6 Å². The van der Waals surface area contributed by atoms with E-state index in [1.54, 1.807) is 0 Å². The molecule has 3 aromatic carbocycles. The molecule has 6 rings (SSSR count). The third-order valence-corrected chi connectivity index (χ3v) is 9.32. The zero-order valence-electron chi connectivity index (χ0n) is 22.2. The zero-order chi connectivity index (χ0) is 25.6. The first-order valence-electron chi connectivity index (χ1n) is 13.6. The summed E-state index contributed by atoms with van der Waals surface area (Å²) in [7, 11) is 4.43. The summed E-state index contributed by atoms with van der Waals surface area (Å²) in [6.45, 7) is 2.40. The highest BCUT2D eigenvalue weighted by Gasteiger charge is 2.50. The number of nitrogens with zero attached hydrogens (tertiary/aromatic N) is 2. The molecule has 2 aliphatic heterocycles. The molecule has 1 aliphatic carbocycles. The Balaban J connectivity index is 1.41. The van der Waals surface area contributed by atoms with Crippen molar-refractivity contribution in [3.8, 4) is 0 Å².